The largest absolute Gasteiger partial charge is 0.573 e. The molecule has 0 fully saturated rings. The van der Waals surface area contributed by atoms with Crippen LogP contribution in [0.2, 0.25) is 0 Å². The second-order valence-electron chi connectivity index (χ2n) is 6.65. The number of hydrogen-bond acceptors (Lipinski definition) is 3. The minimum atomic E-state index is -5.02. The fraction of sp³-hybridized carbons (Fsp3) is 0.318. The number of alkyl halides is 3. The van der Waals surface area contributed by atoms with E-state index in [0.29, 0.717) is 24.8 Å². The molecular formula is C22H21F4NO3. The highest BCUT2D eigenvalue weighted by Crippen LogP contribution is 2.29. The third-order valence-corrected chi connectivity index (χ3v) is 4.16. The van der Waals surface area contributed by atoms with E-state index in [1.54, 1.807) is 6.92 Å². The average molecular weight is 423 g/mol. The predicted octanol–water partition coefficient (Wildman–Crippen LogP) is 5.34. The minimum absolute atomic E-state index is 0.145. The molecule has 0 saturated carbocycles. The summed E-state index contributed by atoms with van der Waals surface area (Å²) >= 11 is 0. The number of nitrogens with one attached hydrogen (secondary N) is 1. The summed E-state index contributed by atoms with van der Waals surface area (Å²) in [6.07, 6.45) is 0.945. The van der Waals surface area contributed by atoms with Crippen molar-refractivity contribution in [2.24, 2.45) is 0 Å². The van der Waals surface area contributed by atoms with Gasteiger partial charge in [0.1, 0.15) is 6.61 Å². The standard InChI is InChI=1S/C22H21F4NO3/c1-3-18-12-17(13-19(20(18)23)30-22(24,25)26)11-7-8-15(2)27-21(28)29-14-16-9-5-4-6-10-16/h1,4-6,9-10,12-13,15H,7-8,11,14H2,2H3,(H,27,28)/t15-/m0/s1. The molecular weight excluding hydrogens is 402 g/mol. The van der Waals surface area contributed by atoms with E-state index in [0.717, 1.165) is 11.6 Å². The van der Waals surface area contributed by atoms with E-state index in [9.17, 15) is 22.4 Å². The Labute approximate surface area is 172 Å². The molecule has 1 atom stereocenters. The minimum Gasteiger partial charge on any atom is -0.445 e. The molecule has 4 nitrogen and oxygen atoms in total. The van der Waals surface area contributed by atoms with Crippen molar-refractivity contribution in [2.45, 2.75) is 45.2 Å². The predicted molar refractivity (Wildman–Crippen MR) is 103 cm³/mol. The third kappa shape index (κ3) is 7.66. The molecule has 1 amide bonds. The highest BCUT2D eigenvalue weighted by Gasteiger charge is 2.33. The van der Waals surface area contributed by atoms with Gasteiger partial charge in [-0.3, -0.25) is 0 Å². The molecule has 0 aliphatic carbocycles. The Morgan fingerprint density at radius 1 is 1.20 bits per heavy atom. The van der Waals surface area contributed by atoms with Gasteiger partial charge in [-0.15, -0.1) is 19.6 Å². The molecule has 160 valence electrons. The van der Waals surface area contributed by atoms with Crippen LogP contribution < -0.4 is 10.1 Å². The Balaban J connectivity index is 1.84. The first-order valence-corrected chi connectivity index (χ1v) is 9.20. The SMILES string of the molecule is C#Cc1cc(CCC[C@H](C)NC(=O)OCc2ccccc2)cc(OC(F)(F)F)c1F. The van der Waals surface area contributed by atoms with Crippen LogP contribution in [0, 0.1) is 18.2 Å². The molecule has 1 N–H and O–H groups in total. The van der Waals surface area contributed by atoms with Crippen molar-refractivity contribution < 1.29 is 31.8 Å². The first kappa shape index (κ1) is 23.1. The van der Waals surface area contributed by atoms with Gasteiger partial charge < -0.3 is 14.8 Å². The Kier molecular flexibility index (Phi) is 8.10. The molecule has 0 radical (unpaired) electrons. The van der Waals surface area contributed by atoms with Gasteiger partial charge in [-0.1, -0.05) is 36.3 Å². The molecule has 0 unspecified atom stereocenters. The Hall–Kier alpha value is -3.21. The van der Waals surface area contributed by atoms with Crippen molar-refractivity contribution in [1.82, 2.24) is 5.32 Å². The topological polar surface area (TPSA) is 47.6 Å². The van der Waals surface area contributed by atoms with Gasteiger partial charge in [0.2, 0.25) is 0 Å². The number of rotatable bonds is 8. The number of amides is 1. The van der Waals surface area contributed by atoms with E-state index in [1.165, 1.54) is 6.07 Å². The lowest BCUT2D eigenvalue weighted by Crippen LogP contribution is -2.33. The normalized spacial score (nSPS) is 12.0. The Bertz CT molecular complexity index is 892. The maximum atomic E-state index is 13.9. The van der Waals surface area contributed by atoms with Crippen LogP contribution >= 0.6 is 0 Å². The summed E-state index contributed by atoms with van der Waals surface area (Å²) in [6.45, 7) is 1.92. The molecule has 2 aromatic carbocycles. The number of hydrogen-bond donors (Lipinski definition) is 1. The monoisotopic (exact) mass is 423 g/mol. The van der Waals surface area contributed by atoms with Crippen molar-refractivity contribution in [3.05, 3.63) is 65.0 Å². The highest BCUT2D eigenvalue weighted by molar-refractivity contribution is 5.67. The van der Waals surface area contributed by atoms with Gasteiger partial charge >= 0.3 is 12.5 Å². The lowest BCUT2D eigenvalue weighted by atomic mass is 10.0. The van der Waals surface area contributed by atoms with Crippen LogP contribution in [0.1, 0.15) is 36.5 Å². The number of ether oxygens (including phenoxy) is 2. The maximum Gasteiger partial charge on any atom is 0.573 e. The second kappa shape index (κ2) is 10.5. The van der Waals surface area contributed by atoms with Crippen LogP contribution in [0.15, 0.2) is 42.5 Å². The van der Waals surface area contributed by atoms with Crippen molar-refractivity contribution in [2.75, 3.05) is 0 Å². The summed E-state index contributed by atoms with van der Waals surface area (Å²) in [5.41, 5.74) is 0.961. The summed E-state index contributed by atoms with van der Waals surface area (Å²) < 4.78 is 60.1. The summed E-state index contributed by atoms with van der Waals surface area (Å²) in [6, 6.07) is 11.3. The molecule has 2 aromatic rings. The second-order valence-corrected chi connectivity index (χ2v) is 6.65. The number of benzene rings is 2. The van der Waals surface area contributed by atoms with Gasteiger partial charge in [-0.2, -0.15) is 0 Å². The van der Waals surface area contributed by atoms with E-state index < -0.39 is 24.0 Å². The van der Waals surface area contributed by atoms with Gasteiger partial charge in [0.15, 0.2) is 11.6 Å². The van der Waals surface area contributed by atoms with E-state index in [1.807, 2.05) is 36.3 Å². The average Bonchev–Trinajstić information content (AvgIpc) is 2.68. The quantitative estimate of drug-likeness (QED) is 0.460. The third-order valence-electron chi connectivity index (χ3n) is 4.16. The van der Waals surface area contributed by atoms with Crippen molar-refractivity contribution in [1.29, 1.82) is 0 Å². The van der Waals surface area contributed by atoms with Crippen molar-refractivity contribution in [3.8, 4) is 18.1 Å². The van der Waals surface area contributed by atoms with Crippen LogP contribution in [0.4, 0.5) is 22.4 Å². The van der Waals surface area contributed by atoms with Gasteiger partial charge in [-0.25, -0.2) is 9.18 Å². The zero-order valence-corrected chi connectivity index (χ0v) is 16.3. The number of aryl methyl sites for hydroxylation is 1. The van der Waals surface area contributed by atoms with E-state index >= 15 is 0 Å². The first-order chi connectivity index (χ1) is 14.2. The van der Waals surface area contributed by atoms with Gasteiger partial charge in [0, 0.05) is 6.04 Å². The van der Waals surface area contributed by atoms with Gasteiger partial charge in [-0.05, 0) is 49.4 Å². The zero-order chi connectivity index (χ0) is 22.1. The fourth-order valence-corrected chi connectivity index (χ4v) is 2.75. The van der Waals surface area contributed by atoms with Crippen LogP contribution in [0.3, 0.4) is 0 Å². The van der Waals surface area contributed by atoms with E-state index in [2.05, 4.69) is 10.1 Å². The molecule has 2 rings (SSSR count). The Morgan fingerprint density at radius 3 is 2.53 bits per heavy atom. The van der Waals surface area contributed by atoms with Crippen molar-refractivity contribution in [3.63, 3.8) is 0 Å². The molecule has 0 spiro atoms. The van der Waals surface area contributed by atoms with Crippen LogP contribution in [-0.4, -0.2) is 18.5 Å². The van der Waals surface area contributed by atoms with Crippen LogP contribution in [0.5, 0.6) is 5.75 Å². The van der Waals surface area contributed by atoms with Gasteiger partial charge in [0.25, 0.3) is 0 Å². The summed E-state index contributed by atoms with van der Waals surface area (Å²) in [7, 11) is 0. The van der Waals surface area contributed by atoms with E-state index in [-0.39, 0.29) is 18.2 Å². The highest BCUT2D eigenvalue weighted by atomic mass is 19.4. The number of carbonyl (C=O) groups excluding carboxylic acids is 1. The lowest BCUT2D eigenvalue weighted by Gasteiger charge is -2.15. The van der Waals surface area contributed by atoms with Crippen molar-refractivity contribution >= 4 is 6.09 Å². The molecule has 30 heavy (non-hydrogen) atoms. The molecule has 0 bridgehead atoms. The molecule has 0 aliphatic heterocycles. The van der Waals surface area contributed by atoms with Crippen LogP contribution in [0.25, 0.3) is 0 Å². The molecule has 0 aromatic heterocycles. The maximum absolute atomic E-state index is 13.9. The van der Waals surface area contributed by atoms with Crippen LogP contribution in [-0.2, 0) is 17.8 Å². The smallest absolute Gasteiger partial charge is 0.445 e. The first-order valence-electron chi connectivity index (χ1n) is 9.20. The Morgan fingerprint density at radius 2 is 1.90 bits per heavy atom. The summed E-state index contributed by atoms with van der Waals surface area (Å²) in [5.74, 6) is -0.163. The van der Waals surface area contributed by atoms with E-state index in [4.69, 9.17) is 11.2 Å². The molecule has 0 heterocycles. The number of alkyl carbamates (subject to hydrolysis) is 1. The van der Waals surface area contributed by atoms with Gasteiger partial charge in [0.05, 0.1) is 5.56 Å². The number of halogens is 4. The molecule has 0 aliphatic rings. The summed E-state index contributed by atoms with van der Waals surface area (Å²) in [5, 5.41) is 2.68. The molecule has 8 heteroatoms. The zero-order valence-electron chi connectivity index (χ0n) is 16.3. The lowest BCUT2D eigenvalue weighted by molar-refractivity contribution is -0.275. The summed E-state index contributed by atoms with van der Waals surface area (Å²) in [4.78, 5) is 11.8. The molecule has 0 saturated heterocycles. The number of terminal acetylenes is 1. The number of carbonyl (C=O) groups is 1. The fourth-order valence-electron chi connectivity index (χ4n) is 2.75.